The molecule has 3 atom stereocenters. The number of aliphatic hydroxyl groups excluding tert-OH is 1. The number of rotatable bonds is 12. The van der Waals surface area contributed by atoms with Crippen molar-refractivity contribution in [1.82, 2.24) is 10.2 Å². The molecular weight excluding hydrogens is 560 g/mol. The van der Waals surface area contributed by atoms with Crippen LogP contribution < -0.4 is 5.32 Å². The van der Waals surface area contributed by atoms with Gasteiger partial charge in [0.2, 0.25) is 0 Å². The number of alkyl carbamates (subject to hydrolysis) is 1. The molecule has 1 aliphatic heterocycles. The number of amides is 2. The van der Waals surface area contributed by atoms with Gasteiger partial charge in [0.15, 0.2) is 5.12 Å². The average Bonchev–Trinajstić information content (AvgIpc) is 3.36. The van der Waals surface area contributed by atoms with Gasteiger partial charge in [0.1, 0.15) is 13.2 Å². The van der Waals surface area contributed by atoms with Crippen LogP contribution in [0.4, 0.5) is 21.0 Å². The van der Waals surface area contributed by atoms with Crippen molar-refractivity contribution in [3.63, 3.8) is 0 Å². The molecule has 0 aromatic heterocycles. The minimum Gasteiger partial charge on any atom is -0.445 e. The van der Waals surface area contributed by atoms with Gasteiger partial charge in [0.05, 0.1) is 22.0 Å². The quantitative estimate of drug-likeness (QED) is 0.207. The first-order chi connectivity index (χ1) is 19.5. The van der Waals surface area contributed by atoms with Gasteiger partial charge in [-0.15, -0.1) is 0 Å². The van der Waals surface area contributed by atoms with Gasteiger partial charge < -0.3 is 24.8 Å². The molecule has 0 bridgehead atoms. The molecule has 1 heterocycles. The van der Waals surface area contributed by atoms with E-state index in [9.17, 15) is 39.7 Å². The van der Waals surface area contributed by atoms with E-state index in [1.165, 1.54) is 60.4 Å². The van der Waals surface area contributed by atoms with E-state index >= 15 is 0 Å². The summed E-state index contributed by atoms with van der Waals surface area (Å²) in [5.74, 6) is 0. The van der Waals surface area contributed by atoms with Crippen molar-refractivity contribution in [2.24, 2.45) is 0 Å². The lowest BCUT2D eigenvalue weighted by molar-refractivity contribution is -0.385. The van der Waals surface area contributed by atoms with Crippen LogP contribution >= 0.6 is 11.8 Å². The van der Waals surface area contributed by atoms with Crippen LogP contribution in [0.2, 0.25) is 0 Å². The number of nitro groups is 2. The van der Waals surface area contributed by atoms with E-state index in [0.29, 0.717) is 24.0 Å². The first-order valence-electron chi connectivity index (χ1n) is 12.7. The number of nitrogens with one attached hydrogen (secondary N) is 1. The third kappa shape index (κ3) is 9.72. The molecule has 0 radical (unpaired) electrons. The van der Waals surface area contributed by atoms with E-state index in [-0.39, 0.29) is 54.5 Å². The Morgan fingerprint density at radius 3 is 2.05 bits per heavy atom. The van der Waals surface area contributed by atoms with Crippen molar-refractivity contribution >= 4 is 40.4 Å². The van der Waals surface area contributed by atoms with Crippen LogP contribution in [-0.4, -0.2) is 67.6 Å². The average molecular weight is 591 g/mol. The number of hydrogen-bond acceptors (Lipinski definition) is 11. The highest BCUT2D eigenvalue weighted by Crippen LogP contribution is 2.31. The lowest BCUT2D eigenvalue weighted by Crippen LogP contribution is -2.43. The zero-order chi connectivity index (χ0) is 29.9. The maximum Gasteiger partial charge on any atom is 0.410 e. The second-order valence-corrected chi connectivity index (χ2v) is 10.8. The summed E-state index contributed by atoms with van der Waals surface area (Å²) in [7, 11) is 0. The highest BCUT2D eigenvalue weighted by molar-refractivity contribution is 8.14. The summed E-state index contributed by atoms with van der Waals surface area (Å²) in [4.78, 5) is 58.4. The third-order valence-electron chi connectivity index (χ3n) is 6.29. The highest BCUT2D eigenvalue weighted by atomic mass is 32.2. The predicted octanol–water partition coefficient (Wildman–Crippen LogP) is 3.93. The Hall–Kier alpha value is -4.24. The number of carbonyl (C=O) groups excluding carboxylic acids is 3. The fourth-order valence-corrected chi connectivity index (χ4v) is 5.27. The van der Waals surface area contributed by atoms with Gasteiger partial charge in [-0.3, -0.25) is 25.0 Å². The minimum atomic E-state index is -0.947. The summed E-state index contributed by atoms with van der Waals surface area (Å²) >= 11 is 1.09. The normalized spacial score (nSPS) is 17.0. The van der Waals surface area contributed by atoms with Crippen LogP contribution in [0.25, 0.3) is 0 Å². The first kappa shape index (κ1) is 31.3. The van der Waals surface area contributed by atoms with Crippen molar-refractivity contribution in [3.8, 4) is 0 Å². The number of nitrogens with zero attached hydrogens (tertiary/aromatic N) is 3. The zero-order valence-corrected chi connectivity index (χ0v) is 23.0. The lowest BCUT2D eigenvalue weighted by Gasteiger charge is -2.28. The highest BCUT2D eigenvalue weighted by Gasteiger charge is 2.40. The maximum atomic E-state index is 12.9. The van der Waals surface area contributed by atoms with Crippen molar-refractivity contribution in [3.05, 3.63) is 79.9 Å². The maximum absolute atomic E-state index is 12.9. The molecule has 1 aliphatic rings. The summed E-state index contributed by atoms with van der Waals surface area (Å²) in [6, 6.07) is 10.6. The number of likely N-dealkylation sites (tertiary alicyclic amines) is 1. The molecule has 15 heteroatoms. The molecule has 1 fully saturated rings. The van der Waals surface area contributed by atoms with Crippen LogP contribution in [0.3, 0.4) is 0 Å². The third-order valence-corrected chi connectivity index (χ3v) is 7.30. The van der Waals surface area contributed by atoms with Gasteiger partial charge in [-0.25, -0.2) is 9.59 Å². The van der Waals surface area contributed by atoms with E-state index in [4.69, 9.17) is 9.47 Å². The Balaban J connectivity index is 1.46. The van der Waals surface area contributed by atoms with Crippen LogP contribution in [0.5, 0.6) is 0 Å². The van der Waals surface area contributed by atoms with Gasteiger partial charge >= 0.3 is 12.2 Å². The van der Waals surface area contributed by atoms with E-state index in [2.05, 4.69) is 5.32 Å². The molecule has 0 spiro atoms. The van der Waals surface area contributed by atoms with Gasteiger partial charge in [0.25, 0.3) is 11.4 Å². The summed E-state index contributed by atoms with van der Waals surface area (Å²) < 4.78 is 10.5. The van der Waals surface area contributed by atoms with Crippen LogP contribution in [0, 0.1) is 20.2 Å². The molecule has 2 N–H and O–H groups in total. The van der Waals surface area contributed by atoms with E-state index < -0.39 is 34.2 Å². The molecule has 3 rings (SSSR count). The van der Waals surface area contributed by atoms with Crippen molar-refractivity contribution in [1.29, 1.82) is 0 Å². The summed E-state index contributed by atoms with van der Waals surface area (Å²) in [5.41, 5.74) is 0.989. The standard InChI is InChI=1S/C26H30N4O10S/c1-17(31)41-22-13-23(28(14-22)26(34)40-16-19-6-10-21(11-7-19)30(37)38)24(32)3-2-12-27-25(33)39-15-18-4-8-20(9-5-18)29(35)36/h4-11,22-24,32H,2-3,12-16H2,1H3,(H,27,33)/t22-,23-,24+/m0/s1. The second kappa shape index (κ2) is 14.9. The molecule has 2 aromatic carbocycles. The fraction of sp³-hybridized carbons (Fsp3) is 0.423. The van der Waals surface area contributed by atoms with Gasteiger partial charge in [0, 0.05) is 49.5 Å². The van der Waals surface area contributed by atoms with Crippen LogP contribution in [0.15, 0.2) is 48.5 Å². The van der Waals surface area contributed by atoms with Gasteiger partial charge in [-0.1, -0.05) is 11.8 Å². The Bertz CT molecular complexity index is 1240. The monoisotopic (exact) mass is 590 g/mol. The number of aliphatic hydroxyl groups is 1. The summed E-state index contributed by atoms with van der Waals surface area (Å²) in [6.07, 6.45) is -1.31. The number of ether oxygens (including phenoxy) is 2. The molecule has 1 saturated heterocycles. The number of non-ortho nitro benzene ring substituents is 2. The van der Waals surface area contributed by atoms with Crippen molar-refractivity contribution in [2.45, 2.75) is 56.8 Å². The number of benzene rings is 2. The Labute approximate surface area is 239 Å². The number of thioether (sulfide) groups is 1. The molecule has 2 amide bonds. The molecule has 0 saturated carbocycles. The molecule has 0 unspecified atom stereocenters. The van der Waals surface area contributed by atoms with E-state index in [1.54, 1.807) is 0 Å². The smallest absolute Gasteiger partial charge is 0.410 e. The van der Waals surface area contributed by atoms with Gasteiger partial charge in [-0.05, 0) is 54.7 Å². The largest absolute Gasteiger partial charge is 0.445 e. The van der Waals surface area contributed by atoms with Crippen LogP contribution in [0.1, 0.15) is 37.3 Å². The van der Waals surface area contributed by atoms with Gasteiger partial charge in [-0.2, -0.15) is 0 Å². The molecule has 0 aliphatic carbocycles. The topological polar surface area (TPSA) is 191 Å². The van der Waals surface area contributed by atoms with Crippen molar-refractivity contribution < 1.29 is 38.8 Å². The molecular formula is C26H30N4O10S. The second-order valence-electron chi connectivity index (χ2n) is 9.30. The SMILES string of the molecule is CC(=O)S[C@H]1C[C@@H]([C@H](O)CCCNC(=O)OCc2ccc([N+](=O)[O-])cc2)N(C(=O)OCc2ccc([N+](=O)[O-])cc2)C1. The van der Waals surface area contributed by atoms with E-state index in [0.717, 1.165) is 11.8 Å². The Morgan fingerprint density at radius 1 is 1.00 bits per heavy atom. The summed E-state index contributed by atoms with van der Waals surface area (Å²) in [5, 5.41) is 34.6. The summed E-state index contributed by atoms with van der Waals surface area (Å²) in [6.45, 7) is 1.64. The Morgan fingerprint density at radius 2 is 1.54 bits per heavy atom. The zero-order valence-electron chi connectivity index (χ0n) is 22.2. The number of hydrogen-bond donors (Lipinski definition) is 2. The first-order valence-corrected chi connectivity index (χ1v) is 13.6. The fourth-order valence-electron chi connectivity index (χ4n) is 4.27. The predicted molar refractivity (Wildman–Crippen MR) is 147 cm³/mol. The molecule has 220 valence electrons. The van der Waals surface area contributed by atoms with Crippen LogP contribution in [-0.2, 0) is 27.5 Å². The minimum absolute atomic E-state index is 0.0680. The Kier molecular flexibility index (Phi) is 11.4. The van der Waals surface area contributed by atoms with Crippen molar-refractivity contribution in [2.75, 3.05) is 13.1 Å². The van der Waals surface area contributed by atoms with E-state index in [1.807, 2.05) is 0 Å². The molecule has 41 heavy (non-hydrogen) atoms. The lowest BCUT2D eigenvalue weighted by atomic mass is 10.0. The number of nitro benzene ring substituents is 2. The number of carbonyl (C=O) groups is 3. The molecule has 2 aromatic rings. The molecule has 14 nitrogen and oxygen atoms in total.